The van der Waals surface area contributed by atoms with Crippen molar-refractivity contribution in [1.29, 1.82) is 0 Å². The lowest BCUT2D eigenvalue weighted by atomic mass is 10.1. The van der Waals surface area contributed by atoms with Gasteiger partial charge in [-0.15, -0.1) is 0 Å². The third-order valence-electron chi connectivity index (χ3n) is 4.73. The number of rotatable bonds is 3. The van der Waals surface area contributed by atoms with Crippen LogP contribution >= 0.6 is 0 Å². The van der Waals surface area contributed by atoms with E-state index in [9.17, 15) is 9.59 Å². The van der Waals surface area contributed by atoms with Gasteiger partial charge in [-0.1, -0.05) is 30.3 Å². The van der Waals surface area contributed by atoms with Gasteiger partial charge < -0.3 is 5.32 Å². The summed E-state index contributed by atoms with van der Waals surface area (Å²) in [4.78, 5) is 29.6. The summed E-state index contributed by atoms with van der Waals surface area (Å²) < 4.78 is 1.74. The Balaban J connectivity index is 1.64. The number of hydrogen-bond acceptors (Lipinski definition) is 3. The van der Waals surface area contributed by atoms with Crippen molar-refractivity contribution in [3.8, 4) is 0 Å². The molecule has 2 aromatic carbocycles. The van der Waals surface area contributed by atoms with Crippen LogP contribution in [-0.2, 0) is 13.0 Å². The maximum atomic E-state index is 12.6. The first-order valence-electron chi connectivity index (χ1n) is 8.53. The number of nitrogens with one attached hydrogen (secondary N) is 1. The summed E-state index contributed by atoms with van der Waals surface area (Å²) in [5.41, 5.74) is 2.15. The summed E-state index contributed by atoms with van der Waals surface area (Å²) in [7, 11) is 0. The first-order chi connectivity index (χ1) is 12.1. The third kappa shape index (κ3) is 2.82. The van der Waals surface area contributed by atoms with Gasteiger partial charge in [-0.2, -0.15) is 0 Å². The van der Waals surface area contributed by atoms with E-state index in [1.807, 2.05) is 37.3 Å². The Morgan fingerprint density at radius 1 is 1.20 bits per heavy atom. The van der Waals surface area contributed by atoms with Gasteiger partial charge in [0.05, 0.1) is 16.9 Å². The van der Waals surface area contributed by atoms with Crippen molar-refractivity contribution in [3.63, 3.8) is 0 Å². The normalized spacial score (nSPS) is 14.3. The molecule has 5 heteroatoms. The molecule has 0 saturated carbocycles. The van der Waals surface area contributed by atoms with Gasteiger partial charge in [0.2, 0.25) is 0 Å². The molecule has 0 radical (unpaired) electrons. The fourth-order valence-electron chi connectivity index (χ4n) is 3.33. The molecule has 1 N–H and O–H groups in total. The molecule has 0 saturated heterocycles. The SMILES string of the molecule is CC(NC(=O)c1ccc2c(=O)n3c(nc2c1)CCC3)c1ccccc1. The van der Waals surface area contributed by atoms with Crippen LogP contribution in [0.1, 0.15) is 41.1 Å². The van der Waals surface area contributed by atoms with Gasteiger partial charge >= 0.3 is 0 Å². The van der Waals surface area contributed by atoms with Gasteiger partial charge in [0.25, 0.3) is 11.5 Å². The van der Waals surface area contributed by atoms with Crippen molar-refractivity contribution in [2.24, 2.45) is 0 Å². The van der Waals surface area contributed by atoms with Crippen LogP contribution in [0.3, 0.4) is 0 Å². The summed E-state index contributed by atoms with van der Waals surface area (Å²) in [6.07, 6.45) is 1.76. The number of fused-ring (bicyclic) bond motifs is 2. The number of nitrogens with zero attached hydrogens (tertiary/aromatic N) is 2. The van der Waals surface area contributed by atoms with E-state index in [2.05, 4.69) is 10.3 Å². The van der Waals surface area contributed by atoms with E-state index < -0.39 is 0 Å². The lowest BCUT2D eigenvalue weighted by molar-refractivity contribution is 0.0940. The molecule has 0 aliphatic carbocycles. The van der Waals surface area contributed by atoms with Crippen LogP contribution in [0, 0.1) is 0 Å². The van der Waals surface area contributed by atoms with Crippen LogP contribution in [0.5, 0.6) is 0 Å². The number of amides is 1. The third-order valence-corrected chi connectivity index (χ3v) is 4.73. The fraction of sp³-hybridized carbons (Fsp3) is 0.250. The fourth-order valence-corrected chi connectivity index (χ4v) is 3.33. The molecule has 5 nitrogen and oxygen atoms in total. The number of benzene rings is 2. The Labute approximate surface area is 145 Å². The van der Waals surface area contributed by atoms with Gasteiger partial charge in [-0.05, 0) is 37.1 Å². The average Bonchev–Trinajstić information content (AvgIpc) is 3.11. The van der Waals surface area contributed by atoms with Crippen LogP contribution in [0.4, 0.5) is 0 Å². The predicted molar refractivity (Wildman–Crippen MR) is 96.6 cm³/mol. The smallest absolute Gasteiger partial charge is 0.261 e. The zero-order chi connectivity index (χ0) is 17.4. The second kappa shape index (κ2) is 6.16. The van der Waals surface area contributed by atoms with E-state index in [4.69, 9.17) is 0 Å². The molecule has 1 aliphatic heterocycles. The van der Waals surface area contributed by atoms with E-state index in [-0.39, 0.29) is 17.5 Å². The van der Waals surface area contributed by atoms with E-state index in [1.54, 1.807) is 22.8 Å². The van der Waals surface area contributed by atoms with Gasteiger partial charge in [0, 0.05) is 18.5 Å². The molecule has 3 aromatic rings. The lowest BCUT2D eigenvalue weighted by Gasteiger charge is -2.14. The maximum absolute atomic E-state index is 12.6. The average molecular weight is 333 g/mol. The summed E-state index contributed by atoms with van der Waals surface area (Å²) in [5.74, 6) is 0.647. The topological polar surface area (TPSA) is 64.0 Å². The lowest BCUT2D eigenvalue weighted by Crippen LogP contribution is -2.27. The molecule has 4 rings (SSSR count). The minimum absolute atomic E-state index is 0.0119. The minimum Gasteiger partial charge on any atom is -0.346 e. The Morgan fingerprint density at radius 2 is 2.00 bits per heavy atom. The molecular weight excluding hydrogens is 314 g/mol. The largest absolute Gasteiger partial charge is 0.346 e. The zero-order valence-electron chi connectivity index (χ0n) is 14.0. The van der Waals surface area contributed by atoms with Crippen molar-refractivity contribution in [2.75, 3.05) is 0 Å². The number of aryl methyl sites for hydroxylation is 1. The van der Waals surface area contributed by atoms with E-state index >= 15 is 0 Å². The van der Waals surface area contributed by atoms with Crippen LogP contribution in [0.25, 0.3) is 10.9 Å². The van der Waals surface area contributed by atoms with Crippen molar-refractivity contribution in [2.45, 2.75) is 32.4 Å². The quantitative estimate of drug-likeness (QED) is 0.801. The summed E-state index contributed by atoms with van der Waals surface area (Å²) >= 11 is 0. The zero-order valence-corrected chi connectivity index (χ0v) is 14.0. The van der Waals surface area contributed by atoms with Crippen LogP contribution in [-0.4, -0.2) is 15.5 Å². The number of carbonyl (C=O) groups excluding carboxylic acids is 1. The van der Waals surface area contributed by atoms with Crippen LogP contribution in [0.15, 0.2) is 53.3 Å². The second-order valence-electron chi connectivity index (χ2n) is 6.43. The Bertz CT molecular complexity index is 1010. The monoisotopic (exact) mass is 333 g/mol. The molecule has 0 bridgehead atoms. The van der Waals surface area contributed by atoms with Gasteiger partial charge in [0.1, 0.15) is 5.82 Å². The molecule has 0 fully saturated rings. The van der Waals surface area contributed by atoms with Gasteiger partial charge in [-0.3, -0.25) is 14.2 Å². The molecule has 126 valence electrons. The van der Waals surface area contributed by atoms with E-state index in [1.165, 1.54) is 0 Å². The number of aromatic nitrogens is 2. The van der Waals surface area contributed by atoms with E-state index in [0.717, 1.165) is 30.8 Å². The van der Waals surface area contributed by atoms with Gasteiger partial charge in [0.15, 0.2) is 0 Å². The van der Waals surface area contributed by atoms with Crippen molar-refractivity contribution >= 4 is 16.8 Å². The van der Waals surface area contributed by atoms with Gasteiger partial charge in [-0.25, -0.2) is 4.98 Å². The molecule has 1 aromatic heterocycles. The highest BCUT2D eigenvalue weighted by Crippen LogP contribution is 2.17. The number of hydrogen-bond donors (Lipinski definition) is 1. The standard InChI is InChI=1S/C20H19N3O2/c1-13(14-6-3-2-4-7-14)21-19(24)15-9-10-16-17(12-15)22-18-8-5-11-23(18)20(16)25/h2-4,6-7,9-10,12-13H,5,8,11H2,1H3,(H,21,24). The maximum Gasteiger partial charge on any atom is 0.261 e. The first-order valence-corrected chi connectivity index (χ1v) is 8.53. The Kier molecular flexibility index (Phi) is 3.84. The molecule has 1 aliphatic rings. The molecule has 1 atom stereocenters. The first kappa shape index (κ1) is 15.6. The molecule has 25 heavy (non-hydrogen) atoms. The molecule has 1 unspecified atom stereocenters. The molecule has 1 amide bonds. The molecule has 2 heterocycles. The van der Waals surface area contributed by atoms with Crippen LogP contribution < -0.4 is 10.9 Å². The summed E-state index contributed by atoms with van der Waals surface area (Å²) in [5, 5.41) is 3.56. The Morgan fingerprint density at radius 3 is 2.80 bits per heavy atom. The molecular formula is C20H19N3O2. The van der Waals surface area contributed by atoms with Crippen molar-refractivity contribution in [1.82, 2.24) is 14.9 Å². The second-order valence-corrected chi connectivity index (χ2v) is 6.43. The highest BCUT2D eigenvalue weighted by molar-refractivity contribution is 5.97. The highest BCUT2D eigenvalue weighted by atomic mass is 16.1. The summed E-state index contributed by atoms with van der Waals surface area (Å²) in [6.45, 7) is 2.68. The van der Waals surface area contributed by atoms with Crippen molar-refractivity contribution in [3.05, 3.63) is 75.8 Å². The predicted octanol–water partition coefficient (Wildman–Crippen LogP) is 2.83. The number of carbonyl (C=O) groups is 1. The minimum atomic E-state index is -0.166. The van der Waals surface area contributed by atoms with Crippen molar-refractivity contribution < 1.29 is 4.79 Å². The van der Waals surface area contributed by atoms with E-state index in [0.29, 0.717) is 16.5 Å². The summed E-state index contributed by atoms with van der Waals surface area (Å²) in [6, 6.07) is 14.8. The highest BCUT2D eigenvalue weighted by Gasteiger charge is 2.17. The Hall–Kier alpha value is -2.95. The molecule has 0 spiro atoms. The van der Waals surface area contributed by atoms with Crippen LogP contribution in [0.2, 0.25) is 0 Å².